The van der Waals surface area contributed by atoms with Crippen LogP contribution in [0.4, 0.5) is 0 Å². The fraction of sp³-hybridized carbons (Fsp3) is 0.864. The van der Waals surface area contributed by atoms with E-state index in [2.05, 4.69) is 5.32 Å². The van der Waals surface area contributed by atoms with Gasteiger partial charge in [-0.3, -0.25) is 14.4 Å². The molecule has 1 amide bonds. The molecule has 0 aliphatic heterocycles. The summed E-state index contributed by atoms with van der Waals surface area (Å²) in [6.45, 7) is 11.8. The molecule has 0 aliphatic rings. The topological polar surface area (TPSA) is 95.9 Å². The Morgan fingerprint density at radius 1 is 1.03 bits per heavy atom. The standard InChI is InChI=1S/C22H42N2O5/c1-10-15(6)21(18(29-9)12-19(26)27)24(8)22(28)16(13(2)3)11-17(25)20(23-7)14(4)5/h13-16,18,20-21,23H,10-12H2,1-9H3,(H,26,27)/t15-,16-,18+,20-,21-/m0/s1. The molecule has 0 radical (unpaired) electrons. The smallest absolute Gasteiger partial charge is 0.306 e. The number of ketones is 1. The molecular weight excluding hydrogens is 372 g/mol. The van der Waals surface area contributed by atoms with Gasteiger partial charge in [-0.25, -0.2) is 0 Å². The molecule has 0 aromatic carbocycles. The van der Waals surface area contributed by atoms with Crippen molar-refractivity contribution in [3.63, 3.8) is 0 Å². The molecule has 7 heteroatoms. The number of amides is 1. The average molecular weight is 415 g/mol. The Morgan fingerprint density at radius 3 is 1.93 bits per heavy atom. The molecule has 0 heterocycles. The number of aliphatic carboxylic acids is 1. The zero-order valence-electron chi connectivity index (χ0n) is 19.7. The Morgan fingerprint density at radius 2 is 1.59 bits per heavy atom. The molecule has 0 aromatic heterocycles. The van der Waals surface area contributed by atoms with Crippen LogP contribution in [0.15, 0.2) is 0 Å². The van der Waals surface area contributed by atoms with Crippen LogP contribution in [0.5, 0.6) is 0 Å². The van der Waals surface area contributed by atoms with Crippen LogP contribution in [0.3, 0.4) is 0 Å². The van der Waals surface area contributed by atoms with Crippen molar-refractivity contribution in [1.82, 2.24) is 10.2 Å². The minimum Gasteiger partial charge on any atom is -0.481 e. The lowest BCUT2D eigenvalue weighted by Gasteiger charge is -2.39. The van der Waals surface area contributed by atoms with E-state index in [0.29, 0.717) is 0 Å². The lowest BCUT2D eigenvalue weighted by Crippen LogP contribution is -2.52. The van der Waals surface area contributed by atoms with E-state index in [1.54, 1.807) is 19.0 Å². The third-order valence-electron chi connectivity index (χ3n) is 5.95. The second-order valence-electron chi connectivity index (χ2n) is 8.73. The molecular formula is C22H42N2O5. The van der Waals surface area contributed by atoms with Gasteiger partial charge in [0.25, 0.3) is 0 Å². The maximum atomic E-state index is 13.4. The second-order valence-corrected chi connectivity index (χ2v) is 8.73. The van der Waals surface area contributed by atoms with Crippen molar-refractivity contribution in [3.05, 3.63) is 0 Å². The summed E-state index contributed by atoms with van der Waals surface area (Å²) >= 11 is 0. The highest BCUT2D eigenvalue weighted by molar-refractivity contribution is 5.90. The van der Waals surface area contributed by atoms with Crippen LogP contribution in [0.25, 0.3) is 0 Å². The van der Waals surface area contributed by atoms with Crippen LogP contribution >= 0.6 is 0 Å². The molecule has 0 saturated carbocycles. The van der Waals surface area contributed by atoms with Crippen molar-refractivity contribution in [2.75, 3.05) is 21.2 Å². The third-order valence-corrected chi connectivity index (χ3v) is 5.95. The number of hydrogen-bond donors (Lipinski definition) is 2. The molecule has 0 spiro atoms. The van der Waals surface area contributed by atoms with E-state index < -0.39 is 18.0 Å². The molecule has 0 aromatic rings. The van der Waals surface area contributed by atoms with Crippen LogP contribution in [0, 0.1) is 23.7 Å². The van der Waals surface area contributed by atoms with Gasteiger partial charge in [0.2, 0.25) is 5.91 Å². The minimum absolute atomic E-state index is 0.0170. The van der Waals surface area contributed by atoms with Gasteiger partial charge >= 0.3 is 5.97 Å². The predicted octanol–water partition coefficient (Wildman–Crippen LogP) is 2.82. The van der Waals surface area contributed by atoms with E-state index in [4.69, 9.17) is 4.74 Å². The predicted molar refractivity (Wildman–Crippen MR) is 115 cm³/mol. The number of rotatable bonds is 14. The van der Waals surface area contributed by atoms with Gasteiger partial charge in [0.15, 0.2) is 5.78 Å². The molecule has 0 aliphatic carbocycles. The number of carbonyl (C=O) groups is 3. The average Bonchev–Trinajstić information content (AvgIpc) is 2.63. The van der Waals surface area contributed by atoms with E-state index >= 15 is 0 Å². The number of carbonyl (C=O) groups excluding carboxylic acids is 2. The molecule has 0 saturated heterocycles. The van der Waals surface area contributed by atoms with Crippen LogP contribution in [0.2, 0.25) is 0 Å². The Bertz CT molecular complexity index is 535. The van der Waals surface area contributed by atoms with Gasteiger partial charge in [-0.15, -0.1) is 0 Å². The van der Waals surface area contributed by atoms with Crippen LogP contribution in [0.1, 0.15) is 60.8 Å². The quantitative estimate of drug-likeness (QED) is 0.454. The van der Waals surface area contributed by atoms with Gasteiger partial charge in [-0.05, 0) is 24.8 Å². The first kappa shape index (κ1) is 27.5. The molecule has 0 unspecified atom stereocenters. The highest BCUT2D eigenvalue weighted by atomic mass is 16.5. The number of Topliss-reactive ketones (excluding diaryl/α,β-unsaturated/α-hetero) is 1. The number of hydrogen-bond acceptors (Lipinski definition) is 5. The Labute approximate surface area is 176 Å². The van der Waals surface area contributed by atoms with Crippen LogP contribution in [-0.2, 0) is 19.1 Å². The summed E-state index contributed by atoms with van der Waals surface area (Å²) in [5.74, 6) is -1.36. The number of nitrogens with zero attached hydrogens (tertiary/aromatic N) is 1. The summed E-state index contributed by atoms with van der Waals surface area (Å²) < 4.78 is 5.47. The second kappa shape index (κ2) is 13.0. The van der Waals surface area contributed by atoms with Gasteiger partial charge in [0.05, 0.1) is 24.6 Å². The van der Waals surface area contributed by atoms with E-state index in [1.165, 1.54) is 7.11 Å². The van der Waals surface area contributed by atoms with Crippen molar-refractivity contribution in [1.29, 1.82) is 0 Å². The SMILES string of the molecule is CC[C@H](C)[C@@H]([C@@H](CC(=O)O)OC)N(C)C(=O)[C@@H](CC(=O)[C@@H](NC)C(C)C)C(C)C. The summed E-state index contributed by atoms with van der Waals surface area (Å²) in [6.07, 6.45) is 0.153. The maximum absolute atomic E-state index is 13.4. The van der Waals surface area contributed by atoms with E-state index in [0.717, 1.165) is 6.42 Å². The van der Waals surface area contributed by atoms with Crippen molar-refractivity contribution in [2.24, 2.45) is 23.7 Å². The summed E-state index contributed by atoms with van der Waals surface area (Å²) in [6, 6.07) is -0.673. The van der Waals surface area contributed by atoms with Crippen molar-refractivity contribution in [2.45, 2.75) is 79.0 Å². The summed E-state index contributed by atoms with van der Waals surface area (Å²) in [5.41, 5.74) is 0. The number of carboxylic acid groups (broad SMARTS) is 1. The summed E-state index contributed by atoms with van der Waals surface area (Å²) in [4.78, 5) is 39.2. The first-order valence-corrected chi connectivity index (χ1v) is 10.6. The molecule has 2 N–H and O–H groups in total. The van der Waals surface area contributed by atoms with Gasteiger partial charge in [-0.2, -0.15) is 0 Å². The Hall–Kier alpha value is -1.47. The van der Waals surface area contributed by atoms with Crippen LogP contribution < -0.4 is 5.32 Å². The molecule has 0 rings (SSSR count). The highest BCUT2D eigenvalue weighted by Gasteiger charge is 2.38. The number of nitrogens with one attached hydrogen (secondary N) is 1. The maximum Gasteiger partial charge on any atom is 0.306 e. The first-order valence-electron chi connectivity index (χ1n) is 10.6. The van der Waals surface area contributed by atoms with Crippen LogP contribution in [-0.4, -0.2) is 67.1 Å². The number of likely N-dealkylation sites (N-methyl/N-ethyl adjacent to an activating group) is 2. The molecule has 170 valence electrons. The first-order chi connectivity index (χ1) is 13.4. The largest absolute Gasteiger partial charge is 0.481 e. The van der Waals surface area contributed by atoms with Crippen molar-refractivity contribution >= 4 is 17.7 Å². The lowest BCUT2D eigenvalue weighted by atomic mass is 9.84. The van der Waals surface area contributed by atoms with E-state index in [-0.39, 0.29) is 54.4 Å². The van der Waals surface area contributed by atoms with Gasteiger partial charge in [0, 0.05) is 26.5 Å². The summed E-state index contributed by atoms with van der Waals surface area (Å²) in [5, 5.41) is 12.3. The molecule has 5 atom stereocenters. The molecule has 29 heavy (non-hydrogen) atoms. The number of ether oxygens (including phenoxy) is 1. The van der Waals surface area contributed by atoms with Crippen molar-refractivity contribution < 1.29 is 24.2 Å². The fourth-order valence-electron chi connectivity index (χ4n) is 3.98. The molecule has 0 fully saturated rings. The fourth-order valence-corrected chi connectivity index (χ4v) is 3.98. The minimum atomic E-state index is -0.963. The zero-order chi connectivity index (χ0) is 22.9. The number of methoxy groups -OCH3 is 1. The van der Waals surface area contributed by atoms with Crippen molar-refractivity contribution in [3.8, 4) is 0 Å². The Kier molecular flexibility index (Phi) is 12.3. The monoisotopic (exact) mass is 414 g/mol. The lowest BCUT2D eigenvalue weighted by molar-refractivity contribution is -0.149. The van der Waals surface area contributed by atoms with Gasteiger partial charge in [0.1, 0.15) is 0 Å². The zero-order valence-corrected chi connectivity index (χ0v) is 19.7. The summed E-state index contributed by atoms with van der Waals surface area (Å²) in [7, 11) is 4.94. The van der Waals surface area contributed by atoms with Gasteiger partial charge in [-0.1, -0.05) is 48.0 Å². The highest BCUT2D eigenvalue weighted by Crippen LogP contribution is 2.27. The van der Waals surface area contributed by atoms with Gasteiger partial charge < -0.3 is 20.1 Å². The third kappa shape index (κ3) is 8.05. The molecule has 7 nitrogen and oxygen atoms in total. The normalized spacial score (nSPS) is 16.9. The van der Waals surface area contributed by atoms with E-state index in [1.807, 2.05) is 41.5 Å². The number of carboxylic acids is 1. The van der Waals surface area contributed by atoms with E-state index in [9.17, 15) is 19.5 Å². The Balaban J connectivity index is 5.72. The molecule has 0 bridgehead atoms.